The molecule has 1 unspecified atom stereocenters. The number of halogens is 1. The first kappa shape index (κ1) is 11.5. The minimum Gasteiger partial charge on any atom is -0.478 e. The van der Waals surface area contributed by atoms with Gasteiger partial charge in [-0.2, -0.15) is 11.8 Å². The maximum Gasteiger partial charge on any atom is 0.335 e. The second-order valence-corrected chi connectivity index (χ2v) is 5.11. The zero-order valence-electron chi connectivity index (χ0n) is 8.44. The number of anilines is 1. The van der Waals surface area contributed by atoms with Gasteiger partial charge in [0.1, 0.15) is 11.0 Å². The Morgan fingerprint density at radius 3 is 3.06 bits per heavy atom. The molecule has 86 valence electrons. The van der Waals surface area contributed by atoms with Gasteiger partial charge in [0.2, 0.25) is 0 Å². The number of carboxylic acids is 1. The van der Waals surface area contributed by atoms with Crippen LogP contribution in [0.1, 0.15) is 16.8 Å². The van der Waals surface area contributed by atoms with E-state index in [0.29, 0.717) is 11.9 Å². The lowest BCUT2D eigenvalue weighted by Gasteiger charge is -2.12. The average molecular weight is 259 g/mol. The lowest BCUT2D eigenvalue weighted by Crippen LogP contribution is -2.19. The molecule has 1 atom stereocenters. The van der Waals surface area contributed by atoms with E-state index in [0.717, 1.165) is 17.9 Å². The molecule has 1 aromatic heterocycles. The number of thioether (sulfide) groups is 1. The third kappa shape index (κ3) is 2.80. The number of hydrogen-bond donors (Lipinski definition) is 2. The summed E-state index contributed by atoms with van der Waals surface area (Å²) in [7, 11) is 0. The van der Waals surface area contributed by atoms with Gasteiger partial charge in [-0.15, -0.1) is 0 Å². The summed E-state index contributed by atoms with van der Waals surface area (Å²) >= 11 is 7.64. The van der Waals surface area contributed by atoms with Crippen molar-refractivity contribution < 1.29 is 9.90 Å². The molecule has 4 nitrogen and oxygen atoms in total. The Labute approximate surface area is 102 Å². The van der Waals surface area contributed by atoms with Crippen LogP contribution in [0.15, 0.2) is 12.1 Å². The molecule has 0 aliphatic carbocycles. The summed E-state index contributed by atoms with van der Waals surface area (Å²) < 4.78 is 0. The Morgan fingerprint density at radius 2 is 2.44 bits per heavy atom. The van der Waals surface area contributed by atoms with Crippen molar-refractivity contribution in [2.24, 2.45) is 0 Å². The molecule has 1 fully saturated rings. The summed E-state index contributed by atoms with van der Waals surface area (Å²) in [5, 5.41) is 12.3. The molecule has 2 rings (SSSR count). The van der Waals surface area contributed by atoms with Crippen LogP contribution in [-0.4, -0.2) is 33.6 Å². The van der Waals surface area contributed by atoms with E-state index in [1.54, 1.807) is 0 Å². The summed E-state index contributed by atoms with van der Waals surface area (Å²) in [6.07, 6.45) is 1.07. The number of pyridine rings is 1. The van der Waals surface area contributed by atoms with Crippen molar-refractivity contribution in [3.8, 4) is 0 Å². The van der Waals surface area contributed by atoms with Gasteiger partial charge in [0.05, 0.1) is 5.56 Å². The van der Waals surface area contributed by atoms with Gasteiger partial charge in [0.15, 0.2) is 0 Å². The highest BCUT2D eigenvalue weighted by Crippen LogP contribution is 2.22. The first-order valence-corrected chi connectivity index (χ1v) is 6.43. The fourth-order valence-electron chi connectivity index (χ4n) is 1.55. The maximum atomic E-state index is 10.8. The number of aromatic carboxylic acids is 1. The molecule has 0 spiro atoms. The van der Waals surface area contributed by atoms with E-state index < -0.39 is 5.97 Å². The minimum absolute atomic E-state index is 0.160. The number of carbonyl (C=O) groups is 1. The van der Waals surface area contributed by atoms with Gasteiger partial charge < -0.3 is 10.4 Å². The van der Waals surface area contributed by atoms with Crippen LogP contribution >= 0.6 is 23.4 Å². The number of rotatable bonds is 3. The molecule has 6 heteroatoms. The molecule has 0 bridgehead atoms. The Kier molecular flexibility index (Phi) is 3.56. The quantitative estimate of drug-likeness (QED) is 0.815. The fraction of sp³-hybridized carbons (Fsp3) is 0.400. The first-order valence-electron chi connectivity index (χ1n) is 4.90. The molecule has 1 aliphatic rings. The molecule has 0 aromatic carbocycles. The number of hydrogen-bond acceptors (Lipinski definition) is 4. The predicted molar refractivity (Wildman–Crippen MR) is 65.6 cm³/mol. The molecule has 0 amide bonds. The molecular weight excluding hydrogens is 248 g/mol. The van der Waals surface area contributed by atoms with E-state index in [4.69, 9.17) is 16.7 Å². The number of aromatic nitrogens is 1. The highest BCUT2D eigenvalue weighted by molar-refractivity contribution is 7.99. The van der Waals surface area contributed by atoms with Gasteiger partial charge >= 0.3 is 5.97 Å². The van der Waals surface area contributed by atoms with E-state index in [1.165, 1.54) is 12.1 Å². The highest BCUT2D eigenvalue weighted by atomic mass is 35.5. The summed E-state index contributed by atoms with van der Waals surface area (Å²) in [6, 6.07) is 3.22. The van der Waals surface area contributed by atoms with Crippen molar-refractivity contribution in [2.45, 2.75) is 12.5 Å². The van der Waals surface area contributed by atoms with Crippen LogP contribution in [-0.2, 0) is 0 Å². The molecule has 1 aromatic rings. The number of carboxylic acid groups (broad SMARTS) is 1. The Bertz CT molecular complexity index is 408. The summed E-state index contributed by atoms with van der Waals surface area (Å²) in [4.78, 5) is 14.9. The van der Waals surface area contributed by atoms with Crippen molar-refractivity contribution >= 4 is 35.1 Å². The molecule has 0 radical (unpaired) electrons. The van der Waals surface area contributed by atoms with E-state index in [1.807, 2.05) is 11.8 Å². The largest absolute Gasteiger partial charge is 0.478 e. The average Bonchev–Trinajstić information content (AvgIpc) is 2.69. The lowest BCUT2D eigenvalue weighted by molar-refractivity contribution is 0.0697. The monoisotopic (exact) mass is 258 g/mol. The van der Waals surface area contributed by atoms with Crippen LogP contribution in [0.5, 0.6) is 0 Å². The standard InChI is InChI=1S/C10H11ClN2O2S/c11-8-3-6(10(14)15)4-9(13-8)12-7-1-2-16-5-7/h3-4,7H,1-2,5H2,(H,12,13)(H,14,15). The van der Waals surface area contributed by atoms with Crippen LogP contribution in [0.25, 0.3) is 0 Å². The maximum absolute atomic E-state index is 10.8. The SMILES string of the molecule is O=C(O)c1cc(Cl)nc(NC2CCSC2)c1. The van der Waals surface area contributed by atoms with Gasteiger partial charge in [-0.05, 0) is 24.3 Å². The van der Waals surface area contributed by atoms with Crippen LogP contribution < -0.4 is 5.32 Å². The van der Waals surface area contributed by atoms with Gasteiger partial charge in [-0.1, -0.05) is 11.6 Å². The lowest BCUT2D eigenvalue weighted by atomic mass is 10.2. The molecule has 1 saturated heterocycles. The van der Waals surface area contributed by atoms with Gasteiger partial charge in [-0.3, -0.25) is 0 Å². The van der Waals surface area contributed by atoms with Crippen molar-refractivity contribution in [3.05, 3.63) is 22.8 Å². The van der Waals surface area contributed by atoms with Crippen LogP contribution in [0.2, 0.25) is 5.15 Å². The van der Waals surface area contributed by atoms with Crippen LogP contribution in [0.4, 0.5) is 5.82 Å². The number of nitrogens with zero attached hydrogens (tertiary/aromatic N) is 1. The molecule has 2 N–H and O–H groups in total. The van der Waals surface area contributed by atoms with E-state index >= 15 is 0 Å². The van der Waals surface area contributed by atoms with Crippen molar-refractivity contribution in [2.75, 3.05) is 16.8 Å². The first-order chi connectivity index (χ1) is 7.65. The van der Waals surface area contributed by atoms with Crippen molar-refractivity contribution in [1.29, 1.82) is 0 Å². The normalized spacial score (nSPS) is 19.7. The Balaban J connectivity index is 2.16. The van der Waals surface area contributed by atoms with Gasteiger partial charge in [0, 0.05) is 11.8 Å². The van der Waals surface area contributed by atoms with Crippen LogP contribution in [0, 0.1) is 0 Å². The molecule has 0 saturated carbocycles. The van der Waals surface area contributed by atoms with Crippen LogP contribution in [0.3, 0.4) is 0 Å². The molecular formula is C10H11ClN2O2S. The van der Waals surface area contributed by atoms with E-state index in [9.17, 15) is 4.79 Å². The predicted octanol–water partition coefficient (Wildman–Crippen LogP) is 2.35. The second kappa shape index (κ2) is 4.93. The molecule has 2 heterocycles. The van der Waals surface area contributed by atoms with E-state index in [-0.39, 0.29) is 10.7 Å². The number of nitrogens with one attached hydrogen (secondary N) is 1. The summed E-state index contributed by atoms with van der Waals surface area (Å²) in [5.41, 5.74) is 0.160. The molecule has 1 aliphatic heterocycles. The van der Waals surface area contributed by atoms with Gasteiger partial charge in [-0.25, -0.2) is 9.78 Å². The third-order valence-corrected chi connectivity index (χ3v) is 3.68. The Hall–Kier alpha value is -0.940. The third-order valence-electron chi connectivity index (χ3n) is 2.32. The van der Waals surface area contributed by atoms with Gasteiger partial charge in [0.25, 0.3) is 0 Å². The molecule has 16 heavy (non-hydrogen) atoms. The van der Waals surface area contributed by atoms with Crippen molar-refractivity contribution in [1.82, 2.24) is 4.98 Å². The second-order valence-electron chi connectivity index (χ2n) is 3.57. The highest BCUT2D eigenvalue weighted by Gasteiger charge is 2.16. The minimum atomic E-state index is -0.992. The topological polar surface area (TPSA) is 62.2 Å². The summed E-state index contributed by atoms with van der Waals surface area (Å²) in [6.45, 7) is 0. The Morgan fingerprint density at radius 1 is 1.62 bits per heavy atom. The zero-order chi connectivity index (χ0) is 11.5. The smallest absolute Gasteiger partial charge is 0.335 e. The summed E-state index contributed by atoms with van der Waals surface area (Å²) in [5.74, 6) is 1.70. The van der Waals surface area contributed by atoms with Crippen molar-refractivity contribution in [3.63, 3.8) is 0 Å². The fourth-order valence-corrected chi connectivity index (χ4v) is 2.91. The zero-order valence-corrected chi connectivity index (χ0v) is 10.0. The van der Waals surface area contributed by atoms with E-state index in [2.05, 4.69) is 10.3 Å².